The number of carboxylic acid groups (broad SMARTS) is 1. The summed E-state index contributed by atoms with van der Waals surface area (Å²) in [5.74, 6) is -0.252. The Labute approximate surface area is 102 Å². The number of nitrogens with zero attached hydrogens (tertiary/aromatic N) is 3. The van der Waals surface area contributed by atoms with E-state index >= 15 is 0 Å². The summed E-state index contributed by atoms with van der Waals surface area (Å²) >= 11 is 1.45. The van der Waals surface area contributed by atoms with E-state index in [9.17, 15) is 4.79 Å². The van der Waals surface area contributed by atoms with Gasteiger partial charge in [-0.15, -0.1) is 11.8 Å². The van der Waals surface area contributed by atoms with Gasteiger partial charge >= 0.3 is 5.97 Å². The zero-order valence-corrected chi connectivity index (χ0v) is 10.0. The molecule has 0 amide bonds. The van der Waals surface area contributed by atoms with E-state index in [-0.39, 0.29) is 5.56 Å². The number of carbonyl (C=O) groups is 1. The van der Waals surface area contributed by atoms with Gasteiger partial charge < -0.3 is 5.11 Å². The van der Waals surface area contributed by atoms with Crippen LogP contribution in [0.5, 0.6) is 0 Å². The fraction of sp³-hybridized carbons (Fsp3) is 0.182. The van der Waals surface area contributed by atoms with Crippen molar-refractivity contribution in [3.8, 4) is 0 Å². The Balaban J connectivity index is 2.14. The molecule has 0 saturated carbocycles. The van der Waals surface area contributed by atoms with Crippen LogP contribution in [-0.2, 0) is 12.8 Å². The lowest BCUT2D eigenvalue weighted by atomic mass is 10.3. The molecule has 0 spiro atoms. The van der Waals surface area contributed by atoms with Crippen LogP contribution in [0.15, 0.2) is 35.7 Å². The number of rotatable bonds is 4. The highest BCUT2D eigenvalue weighted by Crippen LogP contribution is 2.25. The number of pyridine rings is 1. The third-order valence-corrected chi connectivity index (χ3v) is 3.47. The fourth-order valence-electron chi connectivity index (χ4n) is 1.37. The maximum absolute atomic E-state index is 11.0. The second-order valence-corrected chi connectivity index (χ2v) is 4.40. The molecule has 0 aromatic carbocycles. The summed E-state index contributed by atoms with van der Waals surface area (Å²) in [6.45, 7) is 0. The van der Waals surface area contributed by atoms with Crippen molar-refractivity contribution in [1.29, 1.82) is 0 Å². The Morgan fingerprint density at radius 3 is 2.82 bits per heavy atom. The van der Waals surface area contributed by atoms with Crippen molar-refractivity contribution in [1.82, 2.24) is 14.8 Å². The maximum Gasteiger partial charge on any atom is 0.340 e. The summed E-state index contributed by atoms with van der Waals surface area (Å²) < 4.78 is 1.58. The SMILES string of the molecule is Cn1ncc(C(=O)O)c1SCc1ccncc1. The number of aryl methyl sites for hydroxylation is 1. The topological polar surface area (TPSA) is 68.0 Å². The van der Waals surface area contributed by atoms with Crippen molar-refractivity contribution in [3.63, 3.8) is 0 Å². The number of aromatic carboxylic acids is 1. The molecule has 0 radical (unpaired) electrons. The van der Waals surface area contributed by atoms with Crippen molar-refractivity contribution < 1.29 is 9.90 Å². The Hall–Kier alpha value is -1.82. The molecule has 0 saturated heterocycles. The van der Waals surface area contributed by atoms with E-state index in [1.807, 2.05) is 12.1 Å². The first-order chi connectivity index (χ1) is 8.18. The molecule has 0 atom stereocenters. The first kappa shape index (κ1) is 11.7. The van der Waals surface area contributed by atoms with Gasteiger partial charge in [0.15, 0.2) is 0 Å². The molecule has 0 fully saturated rings. The highest BCUT2D eigenvalue weighted by Gasteiger charge is 2.15. The Bertz CT molecular complexity index is 525. The highest BCUT2D eigenvalue weighted by atomic mass is 32.2. The first-order valence-electron chi connectivity index (χ1n) is 4.95. The van der Waals surface area contributed by atoms with Crippen molar-refractivity contribution in [2.75, 3.05) is 0 Å². The minimum absolute atomic E-state index is 0.242. The molecule has 0 unspecified atom stereocenters. The predicted molar refractivity (Wildman–Crippen MR) is 64.0 cm³/mol. The van der Waals surface area contributed by atoms with Crippen LogP contribution >= 0.6 is 11.8 Å². The molecule has 88 valence electrons. The van der Waals surface area contributed by atoms with Gasteiger partial charge in [-0.1, -0.05) is 0 Å². The molecule has 0 aliphatic heterocycles. The number of thioether (sulfide) groups is 1. The predicted octanol–water partition coefficient (Wildman–Crippen LogP) is 1.81. The normalized spacial score (nSPS) is 10.4. The minimum Gasteiger partial charge on any atom is -0.478 e. The summed E-state index contributed by atoms with van der Waals surface area (Å²) in [4.78, 5) is 14.9. The van der Waals surface area contributed by atoms with E-state index in [0.717, 1.165) is 5.56 Å². The lowest BCUT2D eigenvalue weighted by Crippen LogP contribution is -1.99. The smallest absolute Gasteiger partial charge is 0.340 e. The molecule has 2 aromatic rings. The standard InChI is InChI=1S/C11H11N3O2S/c1-14-10(9(6-13-14)11(15)16)17-7-8-2-4-12-5-3-8/h2-6H,7H2,1H3,(H,15,16). The monoisotopic (exact) mass is 249 g/mol. The molecule has 0 aliphatic carbocycles. The average Bonchev–Trinajstić information content (AvgIpc) is 2.69. The van der Waals surface area contributed by atoms with Gasteiger partial charge in [0.2, 0.25) is 0 Å². The molecular weight excluding hydrogens is 238 g/mol. The van der Waals surface area contributed by atoms with Gasteiger partial charge in [0.1, 0.15) is 10.6 Å². The number of hydrogen-bond donors (Lipinski definition) is 1. The number of aromatic nitrogens is 3. The second kappa shape index (κ2) is 5.01. The largest absolute Gasteiger partial charge is 0.478 e. The average molecular weight is 249 g/mol. The van der Waals surface area contributed by atoms with E-state index in [1.54, 1.807) is 24.1 Å². The van der Waals surface area contributed by atoms with Crippen molar-refractivity contribution in [3.05, 3.63) is 41.9 Å². The Morgan fingerprint density at radius 2 is 2.18 bits per heavy atom. The highest BCUT2D eigenvalue weighted by molar-refractivity contribution is 7.98. The zero-order valence-electron chi connectivity index (χ0n) is 9.20. The van der Waals surface area contributed by atoms with Gasteiger partial charge in [0.25, 0.3) is 0 Å². The molecule has 5 nitrogen and oxygen atoms in total. The summed E-state index contributed by atoms with van der Waals surface area (Å²) in [6, 6.07) is 3.81. The lowest BCUT2D eigenvalue weighted by molar-refractivity contribution is 0.0692. The summed E-state index contributed by atoms with van der Waals surface area (Å²) in [5.41, 5.74) is 1.34. The van der Waals surface area contributed by atoms with E-state index in [0.29, 0.717) is 10.8 Å². The van der Waals surface area contributed by atoms with E-state index in [2.05, 4.69) is 10.1 Å². The molecule has 1 N–H and O–H groups in total. The molecule has 2 rings (SSSR count). The third kappa shape index (κ3) is 2.65. The van der Waals surface area contributed by atoms with E-state index < -0.39 is 5.97 Å². The van der Waals surface area contributed by atoms with Crippen molar-refractivity contribution in [2.24, 2.45) is 7.05 Å². The van der Waals surface area contributed by atoms with Gasteiger partial charge in [0, 0.05) is 25.2 Å². The van der Waals surface area contributed by atoms with Crippen LogP contribution in [0.1, 0.15) is 15.9 Å². The van der Waals surface area contributed by atoms with E-state index in [4.69, 9.17) is 5.11 Å². The van der Waals surface area contributed by atoms with Crippen LogP contribution in [0.4, 0.5) is 0 Å². The first-order valence-corrected chi connectivity index (χ1v) is 5.94. The van der Waals surface area contributed by atoms with Gasteiger partial charge in [-0.3, -0.25) is 9.67 Å². The Kier molecular flexibility index (Phi) is 3.43. The molecule has 0 aliphatic rings. The van der Waals surface area contributed by atoms with E-state index in [1.165, 1.54) is 18.0 Å². The van der Waals surface area contributed by atoms with Gasteiger partial charge in [0.05, 0.1) is 6.20 Å². The van der Waals surface area contributed by atoms with Gasteiger partial charge in [-0.2, -0.15) is 5.10 Å². The van der Waals surface area contributed by atoms with Crippen LogP contribution in [0.25, 0.3) is 0 Å². The van der Waals surface area contributed by atoms with Gasteiger partial charge in [-0.25, -0.2) is 4.79 Å². The lowest BCUT2D eigenvalue weighted by Gasteiger charge is -2.03. The van der Waals surface area contributed by atoms with Crippen molar-refractivity contribution in [2.45, 2.75) is 10.8 Å². The van der Waals surface area contributed by atoms with Crippen LogP contribution in [0.2, 0.25) is 0 Å². The molecular formula is C11H11N3O2S. The number of hydrogen-bond acceptors (Lipinski definition) is 4. The van der Waals surface area contributed by atoms with Crippen molar-refractivity contribution >= 4 is 17.7 Å². The third-order valence-electron chi connectivity index (χ3n) is 2.24. The van der Waals surface area contributed by atoms with Crippen LogP contribution in [-0.4, -0.2) is 25.8 Å². The maximum atomic E-state index is 11.0. The molecule has 0 bridgehead atoms. The van der Waals surface area contributed by atoms with Crippen LogP contribution < -0.4 is 0 Å². The second-order valence-electron chi connectivity index (χ2n) is 3.44. The Morgan fingerprint density at radius 1 is 1.47 bits per heavy atom. The summed E-state index contributed by atoms with van der Waals surface area (Å²) in [6.07, 6.45) is 4.81. The van der Waals surface area contributed by atoms with Gasteiger partial charge in [-0.05, 0) is 17.7 Å². The molecule has 2 aromatic heterocycles. The minimum atomic E-state index is -0.949. The zero-order chi connectivity index (χ0) is 12.3. The quantitative estimate of drug-likeness (QED) is 0.837. The summed E-state index contributed by atoms with van der Waals surface area (Å²) in [7, 11) is 1.74. The number of carboxylic acids is 1. The molecule has 6 heteroatoms. The van der Waals surface area contributed by atoms with Crippen LogP contribution in [0.3, 0.4) is 0 Å². The van der Waals surface area contributed by atoms with Crippen LogP contribution in [0, 0.1) is 0 Å². The fourth-order valence-corrected chi connectivity index (χ4v) is 2.40. The molecule has 17 heavy (non-hydrogen) atoms. The molecule has 2 heterocycles. The summed E-state index contributed by atoms with van der Waals surface area (Å²) in [5, 5.41) is 13.6.